The fraction of sp³-hybridized carbons (Fsp3) is 0.435. The molecule has 0 unspecified atom stereocenters. The third-order valence-electron chi connectivity index (χ3n) is 6.61. The number of rotatable bonds is 10. The summed E-state index contributed by atoms with van der Waals surface area (Å²) in [4.78, 5) is 13.8. The van der Waals surface area contributed by atoms with Gasteiger partial charge in [-0.1, -0.05) is 31.0 Å². The number of hydrogen-bond donors (Lipinski definition) is 4. The van der Waals surface area contributed by atoms with Crippen molar-refractivity contribution in [3.8, 4) is 11.1 Å². The zero-order valence-electron chi connectivity index (χ0n) is 18.0. The van der Waals surface area contributed by atoms with Crippen LogP contribution in [0.1, 0.15) is 32.1 Å². The molecule has 0 aromatic heterocycles. The number of carboxylic acid groups (broad SMARTS) is 1. The van der Waals surface area contributed by atoms with E-state index in [1.165, 1.54) is 18.2 Å². The Labute approximate surface area is 186 Å². The molecule has 0 bridgehead atoms. The molecular formula is C23H29BF2N2O4. The molecule has 2 aromatic rings. The summed E-state index contributed by atoms with van der Waals surface area (Å²) in [7, 11) is 0.416. The molecule has 1 aliphatic rings. The van der Waals surface area contributed by atoms with E-state index >= 15 is 0 Å². The quantitative estimate of drug-likeness (QED) is 0.330. The molecule has 0 radical (unpaired) electrons. The molecule has 0 aliphatic heterocycles. The summed E-state index contributed by atoms with van der Waals surface area (Å²) < 4.78 is 28.8. The number of nitrogens with two attached hydrogens (primary N) is 1. The minimum atomic E-state index is -1.40. The largest absolute Gasteiger partial charge is 0.480 e. The van der Waals surface area contributed by atoms with Gasteiger partial charge in [-0.25, -0.2) is 8.78 Å². The van der Waals surface area contributed by atoms with Crippen molar-refractivity contribution in [2.24, 2.45) is 11.7 Å². The second-order valence-electron chi connectivity index (χ2n) is 8.65. The highest BCUT2D eigenvalue weighted by molar-refractivity contribution is 6.40. The molecule has 0 heterocycles. The number of hydrogen-bond acceptors (Lipinski definition) is 5. The third-order valence-corrected chi connectivity index (χ3v) is 6.61. The van der Waals surface area contributed by atoms with E-state index in [1.54, 1.807) is 24.3 Å². The van der Waals surface area contributed by atoms with E-state index in [9.17, 15) is 18.7 Å². The molecular weight excluding hydrogens is 417 g/mol. The van der Waals surface area contributed by atoms with Crippen LogP contribution in [-0.2, 0) is 4.79 Å². The van der Waals surface area contributed by atoms with Crippen LogP contribution < -0.4 is 10.6 Å². The maximum Gasteiger partial charge on any atom is 0.451 e. The lowest BCUT2D eigenvalue weighted by Crippen LogP contribution is -2.61. The van der Waals surface area contributed by atoms with Gasteiger partial charge in [-0.05, 0) is 55.8 Å². The summed E-state index contributed by atoms with van der Waals surface area (Å²) in [5.41, 5.74) is 5.88. The van der Waals surface area contributed by atoms with Crippen LogP contribution in [0.4, 0.5) is 14.5 Å². The Kier molecular flexibility index (Phi) is 7.53. The number of anilines is 1. The van der Waals surface area contributed by atoms with Crippen molar-refractivity contribution < 1.29 is 28.7 Å². The van der Waals surface area contributed by atoms with Crippen LogP contribution in [0.2, 0.25) is 6.32 Å². The smallest absolute Gasteiger partial charge is 0.451 e. The van der Waals surface area contributed by atoms with Gasteiger partial charge >= 0.3 is 13.1 Å². The number of nitrogens with zero attached hydrogens (tertiary/aromatic N) is 1. The predicted octanol–water partition coefficient (Wildman–Crippen LogP) is 3.27. The van der Waals surface area contributed by atoms with E-state index in [0.29, 0.717) is 31.4 Å². The Morgan fingerprint density at radius 2 is 1.78 bits per heavy atom. The molecule has 5 N–H and O–H groups in total. The molecule has 2 aromatic carbocycles. The zero-order chi connectivity index (χ0) is 23.5. The van der Waals surface area contributed by atoms with Crippen molar-refractivity contribution >= 4 is 18.8 Å². The molecule has 32 heavy (non-hydrogen) atoms. The molecule has 1 fully saturated rings. The van der Waals surface area contributed by atoms with Gasteiger partial charge in [0.25, 0.3) is 0 Å². The molecule has 6 nitrogen and oxygen atoms in total. The van der Waals surface area contributed by atoms with Gasteiger partial charge < -0.3 is 25.8 Å². The first-order valence-electron chi connectivity index (χ1n) is 10.8. The van der Waals surface area contributed by atoms with Crippen molar-refractivity contribution in [1.29, 1.82) is 0 Å². The van der Waals surface area contributed by atoms with Crippen molar-refractivity contribution in [3.63, 3.8) is 0 Å². The van der Waals surface area contributed by atoms with Gasteiger partial charge in [0.15, 0.2) is 0 Å². The number of halogens is 2. The monoisotopic (exact) mass is 446 g/mol. The summed E-state index contributed by atoms with van der Waals surface area (Å²) in [6.07, 6.45) is 2.51. The van der Waals surface area contributed by atoms with Crippen molar-refractivity contribution in [2.75, 3.05) is 11.9 Å². The molecule has 1 aliphatic carbocycles. The number of aliphatic carboxylic acids is 1. The third kappa shape index (κ3) is 5.11. The van der Waals surface area contributed by atoms with E-state index in [0.717, 1.165) is 0 Å². The van der Waals surface area contributed by atoms with E-state index < -0.39 is 30.3 Å². The SMILES string of the molecule is CN(c1ccc(-c2ccccc2F)c(F)c1)C1CC([C@@](N)(CCCCB(O)O)C(=O)O)C1. The lowest BCUT2D eigenvalue weighted by Gasteiger charge is -2.48. The van der Waals surface area contributed by atoms with E-state index in [-0.39, 0.29) is 35.8 Å². The summed E-state index contributed by atoms with van der Waals surface area (Å²) in [5, 5.41) is 27.6. The first kappa shape index (κ1) is 24.2. The van der Waals surface area contributed by atoms with Gasteiger partial charge in [0.05, 0.1) is 0 Å². The van der Waals surface area contributed by atoms with E-state index in [1.807, 2.05) is 11.9 Å². The number of carbonyl (C=O) groups is 1. The van der Waals surface area contributed by atoms with Crippen molar-refractivity contribution in [3.05, 3.63) is 54.1 Å². The number of benzene rings is 2. The second-order valence-corrected chi connectivity index (χ2v) is 8.65. The summed E-state index contributed by atoms with van der Waals surface area (Å²) >= 11 is 0. The minimum Gasteiger partial charge on any atom is -0.480 e. The van der Waals surface area contributed by atoms with Crippen LogP contribution in [0, 0.1) is 17.6 Å². The first-order valence-corrected chi connectivity index (χ1v) is 10.8. The fourth-order valence-electron chi connectivity index (χ4n) is 4.39. The normalized spacial score (nSPS) is 19.7. The van der Waals surface area contributed by atoms with E-state index in [2.05, 4.69) is 0 Å². The summed E-state index contributed by atoms with van der Waals surface area (Å²) in [6, 6.07) is 10.7. The molecule has 0 amide bonds. The fourth-order valence-corrected chi connectivity index (χ4v) is 4.39. The van der Waals surface area contributed by atoms with Crippen molar-refractivity contribution in [2.45, 2.75) is 50.0 Å². The zero-order valence-corrected chi connectivity index (χ0v) is 18.0. The Morgan fingerprint density at radius 1 is 1.12 bits per heavy atom. The molecule has 172 valence electrons. The lowest BCUT2D eigenvalue weighted by atomic mass is 9.65. The van der Waals surface area contributed by atoms with Crippen LogP contribution in [0.15, 0.2) is 42.5 Å². The average Bonchev–Trinajstić information content (AvgIpc) is 2.70. The Bertz CT molecular complexity index is 955. The first-order chi connectivity index (χ1) is 15.1. The van der Waals surface area contributed by atoms with Gasteiger partial charge in [-0.3, -0.25) is 4.79 Å². The Morgan fingerprint density at radius 3 is 2.38 bits per heavy atom. The van der Waals surface area contributed by atoms with Crippen molar-refractivity contribution in [1.82, 2.24) is 0 Å². The van der Waals surface area contributed by atoms with Crippen LogP contribution in [-0.4, -0.2) is 46.9 Å². The highest BCUT2D eigenvalue weighted by Crippen LogP contribution is 2.42. The highest BCUT2D eigenvalue weighted by Gasteiger charge is 2.49. The summed E-state index contributed by atoms with van der Waals surface area (Å²) in [5.74, 6) is -2.31. The van der Waals surface area contributed by atoms with Crippen LogP contribution >= 0.6 is 0 Å². The average molecular weight is 446 g/mol. The number of carboxylic acids is 1. The van der Waals surface area contributed by atoms with Gasteiger partial charge in [0, 0.05) is 29.9 Å². The highest BCUT2D eigenvalue weighted by atomic mass is 19.1. The maximum absolute atomic E-state index is 14.7. The molecule has 9 heteroatoms. The van der Waals surface area contributed by atoms with Gasteiger partial charge in [-0.2, -0.15) is 0 Å². The van der Waals surface area contributed by atoms with Crippen LogP contribution in [0.5, 0.6) is 0 Å². The standard InChI is InChI=1S/C23H29BF2N2O4/c1-28(16-8-9-19(21(26)14-16)18-6-2-3-7-20(18)25)17-12-15(13-17)23(27,22(29)30)10-4-5-11-24(31)32/h2-3,6-9,14-15,17,31-32H,4-5,10-13,27H2,1H3,(H,29,30)/t15?,17?,23-/m0/s1. The molecule has 3 rings (SSSR count). The Hall–Kier alpha value is -2.49. The lowest BCUT2D eigenvalue weighted by molar-refractivity contribution is -0.147. The predicted molar refractivity (Wildman–Crippen MR) is 120 cm³/mol. The molecule has 1 saturated carbocycles. The molecule has 1 atom stereocenters. The molecule has 0 spiro atoms. The maximum atomic E-state index is 14.7. The number of unbranched alkanes of at least 4 members (excludes halogenated alkanes) is 1. The minimum absolute atomic E-state index is 0.0141. The van der Waals surface area contributed by atoms with Gasteiger partial charge in [0.1, 0.15) is 17.2 Å². The van der Waals surface area contributed by atoms with Gasteiger partial charge in [-0.15, -0.1) is 0 Å². The van der Waals surface area contributed by atoms with E-state index in [4.69, 9.17) is 15.8 Å². The Balaban J connectivity index is 1.64. The second kappa shape index (κ2) is 9.98. The van der Waals surface area contributed by atoms with Gasteiger partial charge in [0.2, 0.25) is 0 Å². The summed E-state index contributed by atoms with van der Waals surface area (Å²) in [6.45, 7) is 0. The van der Waals surface area contributed by atoms with Crippen LogP contribution in [0.3, 0.4) is 0 Å². The molecule has 0 saturated heterocycles. The topological polar surface area (TPSA) is 107 Å². The van der Waals surface area contributed by atoms with Crippen LogP contribution in [0.25, 0.3) is 11.1 Å².